The van der Waals surface area contributed by atoms with Crippen molar-refractivity contribution >= 4 is 23.3 Å². The molecule has 148 valence electrons. The summed E-state index contributed by atoms with van der Waals surface area (Å²) >= 11 is 0. The zero-order chi connectivity index (χ0) is 19.6. The molecule has 0 bridgehead atoms. The largest absolute Gasteiger partial charge is 0.483 e. The number of ketones is 1. The lowest BCUT2D eigenvalue weighted by atomic mass is 10.1. The first kappa shape index (κ1) is 20.9. The molecule has 0 heterocycles. The second-order valence-electron chi connectivity index (χ2n) is 7.11. The monoisotopic (exact) mass is 374 g/mol. The number of carbonyl (C=O) groups is 3. The normalized spacial score (nSPS) is 14.9. The van der Waals surface area contributed by atoms with Crippen LogP contribution in [-0.4, -0.2) is 30.2 Å². The van der Waals surface area contributed by atoms with Gasteiger partial charge in [-0.25, -0.2) is 0 Å². The van der Waals surface area contributed by atoms with Crippen LogP contribution in [0.25, 0.3) is 0 Å². The van der Waals surface area contributed by atoms with Crippen molar-refractivity contribution in [2.24, 2.45) is 0 Å². The van der Waals surface area contributed by atoms with E-state index in [1.54, 1.807) is 18.2 Å². The Morgan fingerprint density at radius 1 is 1.07 bits per heavy atom. The molecular weight excluding hydrogens is 344 g/mol. The quantitative estimate of drug-likeness (QED) is 0.535. The van der Waals surface area contributed by atoms with Crippen LogP contribution in [0.2, 0.25) is 0 Å². The SMILES string of the molecule is CCCC(=O)Nc1ccc(OCC(=O)NC2CCCCCC2)c(C(C)=O)c1. The molecule has 1 aliphatic rings. The van der Waals surface area contributed by atoms with Crippen molar-refractivity contribution < 1.29 is 19.1 Å². The summed E-state index contributed by atoms with van der Waals surface area (Å²) in [7, 11) is 0. The maximum Gasteiger partial charge on any atom is 0.258 e. The first-order chi connectivity index (χ1) is 13.0. The number of benzene rings is 1. The van der Waals surface area contributed by atoms with Crippen molar-refractivity contribution in [3.05, 3.63) is 23.8 Å². The summed E-state index contributed by atoms with van der Waals surface area (Å²) in [5.74, 6) is -0.0899. The second kappa shape index (κ2) is 10.7. The average molecular weight is 374 g/mol. The Kier molecular flexibility index (Phi) is 8.30. The number of ether oxygens (including phenoxy) is 1. The molecule has 6 nitrogen and oxygen atoms in total. The molecular formula is C21H30N2O4. The van der Waals surface area contributed by atoms with Crippen molar-refractivity contribution in [3.8, 4) is 5.75 Å². The van der Waals surface area contributed by atoms with Gasteiger partial charge in [0.25, 0.3) is 5.91 Å². The Balaban J connectivity index is 1.95. The Hall–Kier alpha value is -2.37. The van der Waals surface area contributed by atoms with Crippen LogP contribution < -0.4 is 15.4 Å². The Labute approximate surface area is 161 Å². The minimum atomic E-state index is -0.180. The van der Waals surface area contributed by atoms with Gasteiger partial charge in [-0.15, -0.1) is 0 Å². The van der Waals surface area contributed by atoms with E-state index in [1.165, 1.54) is 19.8 Å². The van der Waals surface area contributed by atoms with Gasteiger partial charge in [-0.3, -0.25) is 14.4 Å². The van der Waals surface area contributed by atoms with E-state index in [2.05, 4.69) is 10.6 Å². The van der Waals surface area contributed by atoms with E-state index in [9.17, 15) is 14.4 Å². The van der Waals surface area contributed by atoms with Gasteiger partial charge in [0, 0.05) is 18.2 Å². The van der Waals surface area contributed by atoms with Crippen molar-refractivity contribution in [2.45, 2.75) is 71.3 Å². The molecule has 0 aromatic heterocycles. The van der Waals surface area contributed by atoms with Crippen LogP contribution in [0.15, 0.2) is 18.2 Å². The average Bonchev–Trinajstić information content (AvgIpc) is 2.89. The fourth-order valence-electron chi connectivity index (χ4n) is 3.30. The third-order valence-electron chi connectivity index (χ3n) is 4.70. The zero-order valence-electron chi connectivity index (χ0n) is 16.3. The molecule has 1 aromatic carbocycles. The molecule has 0 aliphatic heterocycles. The summed E-state index contributed by atoms with van der Waals surface area (Å²) < 4.78 is 5.59. The lowest BCUT2D eigenvalue weighted by Crippen LogP contribution is -2.37. The molecule has 2 N–H and O–H groups in total. The molecule has 1 aromatic rings. The van der Waals surface area contributed by atoms with Gasteiger partial charge in [0.15, 0.2) is 12.4 Å². The summed E-state index contributed by atoms with van der Waals surface area (Å²) in [6.07, 6.45) is 7.94. The summed E-state index contributed by atoms with van der Waals surface area (Å²) in [5, 5.41) is 5.79. The lowest BCUT2D eigenvalue weighted by Gasteiger charge is -2.17. The number of carbonyl (C=O) groups excluding carboxylic acids is 3. The number of hydrogen-bond donors (Lipinski definition) is 2. The summed E-state index contributed by atoms with van der Waals surface area (Å²) in [6.45, 7) is 3.24. The fourth-order valence-corrected chi connectivity index (χ4v) is 3.30. The first-order valence-corrected chi connectivity index (χ1v) is 9.86. The smallest absolute Gasteiger partial charge is 0.258 e. The van der Waals surface area contributed by atoms with E-state index in [1.807, 2.05) is 6.92 Å². The number of nitrogens with one attached hydrogen (secondary N) is 2. The van der Waals surface area contributed by atoms with Gasteiger partial charge in [-0.1, -0.05) is 32.6 Å². The van der Waals surface area contributed by atoms with E-state index in [-0.39, 0.29) is 30.2 Å². The van der Waals surface area contributed by atoms with Gasteiger partial charge in [0.1, 0.15) is 5.75 Å². The van der Waals surface area contributed by atoms with Gasteiger partial charge in [-0.05, 0) is 44.4 Å². The minimum absolute atomic E-state index is 0.0940. The van der Waals surface area contributed by atoms with Crippen LogP contribution >= 0.6 is 0 Å². The number of rotatable bonds is 8. The third kappa shape index (κ3) is 7.04. The van der Waals surface area contributed by atoms with E-state index in [0.717, 1.165) is 32.1 Å². The molecule has 2 amide bonds. The third-order valence-corrected chi connectivity index (χ3v) is 4.70. The van der Waals surface area contributed by atoms with Gasteiger partial charge >= 0.3 is 0 Å². The highest BCUT2D eigenvalue weighted by Crippen LogP contribution is 2.24. The van der Waals surface area contributed by atoms with E-state index in [4.69, 9.17) is 4.74 Å². The number of hydrogen-bond acceptors (Lipinski definition) is 4. The summed E-state index contributed by atoms with van der Waals surface area (Å²) in [6, 6.07) is 5.11. The van der Waals surface area contributed by atoms with Crippen molar-refractivity contribution in [1.82, 2.24) is 5.32 Å². The molecule has 6 heteroatoms. The topological polar surface area (TPSA) is 84.5 Å². The molecule has 2 rings (SSSR count). The number of Topliss-reactive ketones (excluding diaryl/α,β-unsaturated/α-hetero) is 1. The minimum Gasteiger partial charge on any atom is -0.483 e. The highest BCUT2D eigenvalue weighted by atomic mass is 16.5. The predicted molar refractivity (Wildman–Crippen MR) is 105 cm³/mol. The fraction of sp³-hybridized carbons (Fsp3) is 0.571. The molecule has 0 radical (unpaired) electrons. The van der Waals surface area contributed by atoms with E-state index in [0.29, 0.717) is 23.4 Å². The van der Waals surface area contributed by atoms with Crippen LogP contribution in [0.5, 0.6) is 5.75 Å². The summed E-state index contributed by atoms with van der Waals surface area (Å²) in [4.78, 5) is 35.8. The molecule has 0 atom stereocenters. The van der Waals surface area contributed by atoms with Gasteiger partial charge in [0.2, 0.25) is 5.91 Å². The highest BCUT2D eigenvalue weighted by molar-refractivity contribution is 5.99. The Morgan fingerprint density at radius 2 is 1.78 bits per heavy atom. The zero-order valence-corrected chi connectivity index (χ0v) is 16.3. The van der Waals surface area contributed by atoms with Gasteiger partial charge in [0.05, 0.1) is 5.56 Å². The number of anilines is 1. The summed E-state index contributed by atoms with van der Waals surface area (Å²) in [5.41, 5.74) is 0.903. The lowest BCUT2D eigenvalue weighted by molar-refractivity contribution is -0.124. The maximum absolute atomic E-state index is 12.2. The number of amides is 2. The second-order valence-corrected chi connectivity index (χ2v) is 7.11. The van der Waals surface area contributed by atoms with Crippen LogP contribution in [0.1, 0.15) is 75.6 Å². The molecule has 1 fully saturated rings. The predicted octanol–water partition coefficient (Wildman–Crippen LogP) is 3.85. The Bertz CT molecular complexity index is 664. The van der Waals surface area contributed by atoms with Crippen LogP contribution in [-0.2, 0) is 9.59 Å². The molecule has 27 heavy (non-hydrogen) atoms. The van der Waals surface area contributed by atoms with Gasteiger partial charge in [-0.2, -0.15) is 0 Å². The molecule has 1 aliphatic carbocycles. The highest BCUT2D eigenvalue weighted by Gasteiger charge is 2.16. The molecule has 0 saturated heterocycles. The van der Waals surface area contributed by atoms with Crippen molar-refractivity contribution in [2.75, 3.05) is 11.9 Å². The molecule has 0 unspecified atom stereocenters. The van der Waals surface area contributed by atoms with Crippen molar-refractivity contribution in [3.63, 3.8) is 0 Å². The maximum atomic E-state index is 12.2. The molecule has 0 spiro atoms. The van der Waals surface area contributed by atoms with Crippen LogP contribution in [0, 0.1) is 0 Å². The van der Waals surface area contributed by atoms with E-state index >= 15 is 0 Å². The van der Waals surface area contributed by atoms with Crippen LogP contribution in [0.3, 0.4) is 0 Å². The van der Waals surface area contributed by atoms with Crippen molar-refractivity contribution in [1.29, 1.82) is 0 Å². The Morgan fingerprint density at radius 3 is 2.41 bits per heavy atom. The van der Waals surface area contributed by atoms with Gasteiger partial charge < -0.3 is 15.4 Å². The standard InChI is InChI=1S/C21H30N2O4/c1-3-8-20(25)23-17-11-12-19(18(13-17)15(2)24)27-14-21(26)22-16-9-6-4-5-7-10-16/h11-13,16H,3-10,14H2,1-2H3,(H,22,26)(H,23,25). The van der Waals surface area contributed by atoms with E-state index < -0.39 is 0 Å². The first-order valence-electron chi connectivity index (χ1n) is 9.86. The molecule has 1 saturated carbocycles. The van der Waals surface area contributed by atoms with Crippen LogP contribution in [0.4, 0.5) is 5.69 Å².